The lowest BCUT2D eigenvalue weighted by Crippen LogP contribution is -2.07. The molecule has 0 bridgehead atoms. The molecule has 0 atom stereocenters. The minimum atomic E-state index is -1.23. The Labute approximate surface area is 187 Å². The van der Waals surface area contributed by atoms with Crippen molar-refractivity contribution in [2.24, 2.45) is 0 Å². The van der Waals surface area contributed by atoms with Crippen molar-refractivity contribution in [1.29, 1.82) is 0 Å². The zero-order valence-electron chi connectivity index (χ0n) is 19.1. The van der Waals surface area contributed by atoms with Crippen LogP contribution in [0.25, 0.3) is 17.7 Å². The van der Waals surface area contributed by atoms with E-state index in [1.54, 1.807) is 0 Å². The lowest BCUT2D eigenvalue weighted by molar-refractivity contribution is 0.103. The Balaban J connectivity index is 0.00000112. The molecule has 0 spiro atoms. The van der Waals surface area contributed by atoms with E-state index in [1.807, 2.05) is 45.0 Å². The van der Waals surface area contributed by atoms with E-state index >= 15 is 0 Å². The van der Waals surface area contributed by atoms with Crippen molar-refractivity contribution < 1.29 is 4.79 Å². The van der Waals surface area contributed by atoms with Gasteiger partial charge >= 0.3 is 0 Å². The second-order valence-electron chi connectivity index (χ2n) is 8.23. The fraction of sp³-hybridized carbons (Fsp3) is 0.207. The van der Waals surface area contributed by atoms with Gasteiger partial charge in [0, 0.05) is 26.5 Å². The van der Waals surface area contributed by atoms with Crippen molar-refractivity contribution >= 4 is 33.5 Å². The molecule has 0 amide bonds. The number of carbonyl (C=O) groups excluding carboxylic acids is 1. The average molecular weight is 427 g/mol. The molecule has 1 nitrogen and oxygen atoms in total. The van der Waals surface area contributed by atoms with E-state index in [2.05, 4.69) is 61.6 Å². The largest absolute Gasteiger partial charge is 0.289 e. The number of ketones is 1. The highest BCUT2D eigenvalue weighted by Gasteiger charge is 2.41. The Morgan fingerprint density at radius 3 is 2.45 bits per heavy atom. The van der Waals surface area contributed by atoms with Crippen LogP contribution in [-0.2, 0) is 0 Å². The SMILES string of the molecule is C=C1C(C(=O)c2ccccc2C)=CC2=C1c1ccc3c(c1S2(C)C)C=CCC=C3.CC. The maximum absolute atomic E-state index is 13.3. The van der Waals surface area contributed by atoms with Crippen LogP contribution in [0.5, 0.6) is 0 Å². The van der Waals surface area contributed by atoms with Gasteiger partial charge in [0.1, 0.15) is 0 Å². The van der Waals surface area contributed by atoms with E-state index in [-0.39, 0.29) is 5.78 Å². The van der Waals surface area contributed by atoms with Crippen molar-refractivity contribution in [2.45, 2.75) is 32.1 Å². The summed E-state index contributed by atoms with van der Waals surface area (Å²) in [7, 11) is -1.23. The molecule has 0 saturated heterocycles. The molecule has 0 fully saturated rings. The number of fused-ring (bicyclic) bond motifs is 4. The molecular weight excluding hydrogens is 396 g/mol. The van der Waals surface area contributed by atoms with E-state index in [4.69, 9.17) is 0 Å². The van der Waals surface area contributed by atoms with Crippen LogP contribution in [0.2, 0.25) is 0 Å². The third-order valence-corrected chi connectivity index (χ3v) is 9.08. The summed E-state index contributed by atoms with van der Waals surface area (Å²) in [5.74, 6) is 0.0804. The zero-order chi connectivity index (χ0) is 22.3. The lowest BCUT2D eigenvalue weighted by Gasteiger charge is -2.31. The summed E-state index contributed by atoms with van der Waals surface area (Å²) < 4.78 is 0. The molecule has 0 saturated carbocycles. The van der Waals surface area contributed by atoms with Crippen molar-refractivity contribution in [3.05, 3.63) is 105 Å². The van der Waals surface area contributed by atoms with Crippen LogP contribution in [-0.4, -0.2) is 18.3 Å². The smallest absolute Gasteiger partial charge is 0.193 e. The van der Waals surface area contributed by atoms with Crippen LogP contribution in [0, 0.1) is 6.92 Å². The molecule has 5 rings (SSSR count). The molecule has 0 aromatic heterocycles. The van der Waals surface area contributed by atoms with Crippen LogP contribution in [0.15, 0.2) is 82.2 Å². The van der Waals surface area contributed by atoms with Gasteiger partial charge in [-0.2, -0.15) is 10.0 Å². The van der Waals surface area contributed by atoms with Crippen molar-refractivity contribution in [3.63, 3.8) is 0 Å². The standard InChI is InChI=1S/C27H24OS.C2H6/c1-17-10-8-9-12-20(17)26(28)23-16-24-25(18(23)2)22-15-14-19-11-6-5-7-13-21(19)27(22)29(24,3)4;1-2/h6-16H,2,5H2,1,3-4H3;1-2H3. The van der Waals surface area contributed by atoms with Crippen LogP contribution in [0.4, 0.5) is 0 Å². The highest BCUT2D eigenvalue weighted by molar-refractivity contribution is 8.36. The summed E-state index contributed by atoms with van der Waals surface area (Å²) in [6, 6.07) is 12.2. The number of allylic oxidation sites excluding steroid dienone is 6. The van der Waals surface area contributed by atoms with Gasteiger partial charge in [-0.15, -0.1) is 0 Å². The summed E-state index contributed by atoms with van der Waals surface area (Å²) in [5, 5.41) is 0. The van der Waals surface area contributed by atoms with Crippen molar-refractivity contribution in [1.82, 2.24) is 0 Å². The van der Waals surface area contributed by atoms with Crippen LogP contribution < -0.4 is 0 Å². The topological polar surface area (TPSA) is 17.1 Å². The number of Topliss-reactive ketones (excluding diaryl/α,β-unsaturated/α-hetero) is 1. The Kier molecular flexibility index (Phi) is 5.53. The summed E-state index contributed by atoms with van der Waals surface area (Å²) in [6.45, 7) is 10.4. The van der Waals surface area contributed by atoms with Crippen molar-refractivity contribution in [3.8, 4) is 0 Å². The number of benzene rings is 2. The minimum absolute atomic E-state index is 0.0804. The van der Waals surface area contributed by atoms with Gasteiger partial charge in [-0.1, -0.05) is 81.1 Å². The Morgan fingerprint density at radius 2 is 1.71 bits per heavy atom. The molecule has 3 aliphatic rings. The predicted octanol–water partition coefficient (Wildman–Crippen LogP) is 7.98. The molecule has 2 aromatic carbocycles. The van der Waals surface area contributed by atoms with E-state index in [0.717, 1.165) is 28.7 Å². The number of carbonyl (C=O) groups is 1. The van der Waals surface area contributed by atoms with E-state index < -0.39 is 10.0 Å². The van der Waals surface area contributed by atoms with Gasteiger partial charge < -0.3 is 0 Å². The third kappa shape index (κ3) is 3.21. The molecular formula is C29H30OS. The van der Waals surface area contributed by atoms with Crippen LogP contribution >= 0.6 is 10.0 Å². The molecule has 0 unspecified atom stereocenters. The van der Waals surface area contributed by atoms with E-state index in [1.165, 1.54) is 32.1 Å². The number of aryl methyl sites for hydroxylation is 1. The van der Waals surface area contributed by atoms with E-state index in [9.17, 15) is 4.79 Å². The molecule has 2 aliphatic carbocycles. The van der Waals surface area contributed by atoms with Gasteiger partial charge in [-0.3, -0.25) is 4.79 Å². The minimum Gasteiger partial charge on any atom is -0.289 e. The zero-order valence-corrected chi connectivity index (χ0v) is 19.9. The monoisotopic (exact) mass is 426 g/mol. The van der Waals surface area contributed by atoms with Gasteiger partial charge in [0.15, 0.2) is 5.78 Å². The van der Waals surface area contributed by atoms with Crippen molar-refractivity contribution in [2.75, 3.05) is 12.5 Å². The average Bonchev–Trinajstić information content (AvgIpc) is 3.09. The van der Waals surface area contributed by atoms with Gasteiger partial charge in [0.25, 0.3) is 0 Å². The molecule has 31 heavy (non-hydrogen) atoms. The van der Waals surface area contributed by atoms with Gasteiger partial charge in [0.2, 0.25) is 0 Å². The summed E-state index contributed by atoms with van der Waals surface area (Å²) >= 11 is 0. The number of hydrogen-bond donors (Lipinski definition) is 0. The fourth-order valence-electron chi connectivity index (χ4n) is 4.69. The Morgan fingerprint density at radius 1 is 1.00 bits per heavy atom. The molecule has 2 aromatic rings. The molecule has 158 valence electrons. The lowest BCUT2D eigenvalue weighted by atomic mass is 9.91. The first-order valence-electron chi connectivity index (χ1n) is 10.9. The van der Waals surface area contributed by atoms with E-state index in [0.29, 0.717) is 0 Å². The highest BCUT2D eigenvalue weighted by atomic mass is 32.3. The fourth-order valence-corrected chi connectivity index (χ4v) is 7.53. The van der Waals surface area contributed by atoms with Gasteiger partial charge in [-0.25, -0.2) is 0 Å². The second kappa shape index (κ2) is 8.01. The van der Waals surface area contributed by atoms with Crippen LogP contribution in [0.3, 0.4) is 0 Å². The maximum Gasteiger partial charge on any atom is 0.193 e. The van der Waals surface area contributed by atoms with Gasteiger partial charge in [0.05, 0.1) is 0 Å². The second-order valence-corrected chi connectivity index (χ2v) is 11.7. The normalized spacial score (nSPS) is 18.4. The maximum atomic E-state index is 13.3. The molecule has 1 heterocycles. The highest BCUT2D eigenvalue weighted by Crippen LogP contribution is 2.70. The Hall–Kier alpha value is -2.84. The van der Waals surface area contributed by atoms with Crippen LogP contribution in [0.1, 0.15) is 52.9 Å². The third-order valence-electron chi connectivity index (χ3n) is 6.20. The van der Waals surface area contributed by atoms with Gasteiger partial charge in [-0.05, 0) is 59.8 Å². The quantitative estimate of drug-likeness (QED) is 0.445. The molecule has 1 aliphatic heterocycles. The summed E-state index contributed by atoms with van der Waals surface area (Å²) in [6.07, 6.45) is 16.7. The first-order valence-corrected chi connectivity index (χ1v) is 13.4. The summed E-state index contributed by atoms with van der Waals surface area (Å²) in [5.41, 5.74) is 8.45. The summed E-state index contributed by atoms with van der Waals surface area (Å²) in [4.78, 5) is 16.1. The Bertz CT molecular complexity index is 1230. The first kappa shape index (κ1) is 21.4. The predicted molar refractivity (Wildman–Crippen MR) is 138 cm³/mol. The number of hydrogen-bond acceptors (Lipinski definition) is 1. The molecule has 0 radical (unpaired) electrons. The molecule has 0 N–H and O–H groups in total. The molecule has 2 heteroatoms. The number of rotatable bonds is 2. The first-order chi connectivity index (χ1) is 14.9.